The van der Waals surface area contributed by atoms with Gasteiger partial charge in [0.25, 0.3) is 0 Å². The summed E-state index contributed by atoms with van der Waals surface area (Å²) in [5.41, 5.74) is 0.971. The number of pyridine rings is 1. The molecule has 0 N–H and O–H groups in total. The number of fused-ring (bicyclic) bond motifs is 3. The SMILES string of the molecule is c1ccn2c(C3CCN(CCN4C[C@H]5CC[C@@H]4C5)CC3)nnc2c1. The summed E-state index contributed by atoms with van der Waals surface area (Å²) in [5, 5.41) is 8.78. The van der Waals surface area contributed by atoms with Crippen LogP contribution in [-0.2, 0) is 0 Å². The molecule has 0 unspecified atom stereocenters. The van der Waals surface area contributed by atoms with E-state index in [2.05, 4.69) is 36.7 Å². The number of hydrogen-bond acceptors (Lipinski definition) is 4. The normalized spacial score (nSPS) is 29.0. The Labute approximate surface area is 143 Å². The summed E-state index contributed by atoms with van der Waals surface area (Å²) in [4.78, 5) is 5.41. The van der Waals surface area contributed by atoms with Crippen molar-refractivity contribution in [3.8, 4) is 0 Å². The maximum Gasteiger partial charge on any atom is 0.160 e. The summed E-state index contributed by atoms with van der Waals surface area (Å²) in [6.45, 7) is 6.30. The van der Waals surface area contributed by atoms with Crippen LogP contribution in [0.3, 0.4) is 0 Å². The molecule has 2 aromatic rings. The average Bonchev–Trinajstić information content (AvgIpc) is 3.35. The van der Waals surface area contributed by atoms with E-state index in [1.54, 1.807) is 0 Å². The molecule has 0 spiro atoms. The van der Waals surface area contributed by atoms with Gasteiger partial charge in [-0.1, -0.05) is 6.07 Å². The third-order valence-electron chi connectivity index (χ3n) is 6.52. The number of piperidine rings is 2. The molecule has 4 heterocycles. The minimum atomic E-state index is 0.557. The van der Waals surface area contributed by atoms with Gasteiger partial charge >= 0.3 is 0 Å². The van der Waals surface area contributed by atoms with Crippen LogP contribution >= 0.6 is 0 Å². The molecule has 0 radical (unpaired) electrons. The Balaban J connectivity index is 1.16. The van der Waals surface area contributed by atoms with E-state index in [4.69, 9.17) is 0 Å². The van der Waals surface area contributed by atoms with Crippen molar-refractivity contribution in [2.24, 2.45) is 5.92 Å². The predicted molar refractivity (Wildman–Crippen MR) is 94.1 cm³/mol. The van der Waals surface area contributed by atoms with E-state index in [-0.39, 0.29) is 0 Å². The molecule has 2 aromatic heterocycles. The van der Waals surface area contributed by atoms with Crippen LogP contribution in [0.1, 0.15) is 43.8 Å². The molecule has 2 bridgehead atoms. The molecule has 5 nitrogen and oxygen atoms in total. The molecule has 24 heavy (non-hydrogen) atoms. The molecule has 128 valence electrons. The second-order valence-corrected chi connectivity index (χ2v) is 7.93. The van der Waals surface area contributed by atoms with Gasteiger partial charge in [-0.05, 0) is 63.2 Å². The van der Waals surface area contributed by atoms with Gasteiger partial charge in [0.1, 0.15) is 5.82 Å². The number of nitrogens with zero attached hydrogens (tertiary/aromatic N) is 5. The third kappa shape index (κ3) is 2.64. The lowest BCUT2D eigenvalue weighted by Gasteiger charge is -2.34. The van der Waals surface area contributed by atoms with Crippen molar-refractivity contribution >= 4 is 5.65 Å². The maximum atomic E-state index is 4.47. The van der Waals surface area contributed by atoms with Gasteiger partial charge in [0, 0.05) is 37.8 Å². The number of hydrogen-bond donors (Lipinski definition) is 0. The Bertz CT molecular complexity index is 703. The number of aromatic nitrogens is 3. The zero-order valence-corrected chi connectivity index (χ0v) is 14.3. The third-order valence-corrected chi connectivity index (χ3v) is 6.52. The van der Waals surface area contributed by atoms with Crippen LogP contribution in [0.5, 0.6) is 0 Å². The van der Waals surface area contributed by atoms with E-state index < -0.39 is 0 Å². The molecule has 5 heteroatoms. The standard InChI is InChI=1S/C19H27N5/c1-2-8-24-18(3-1)20-21-19(24)16-6-9-22(10-7-16)11-12-23-14-15-4-5-17(23)13-15/h1-3,8,15-17H,4-7,9-14H2/t15-,17+/m0/s1. The predicted octanol–water partition coefficient (Wildman–Crippen LogP) is 2.39. The van der Waals surface area contributed by atoms with Crippen molar-refractivity contribution < 1.29 is 0 Å². The highest BCUT2D eigenvalue weighted by Crippen LogP contribution is 2.37. The number of likely N-dealkylation sites (tertiary alicyclic amines) is 2. The summed E-state index contributed by atoms with van der Waals surface area (Å²) in [5.74, 6) is 2.73. The molecule has 3 fully saturated rings. The van der Waals surface area contributed by atoms with Gasteiger partial charge in [0.2, 0.25) is 0 Å². The molecule has 2 atom stereocenters. The monoisotopic (exact) mass is 325 g/mol. The smallest absolute Gasteiger partial charge is 0.160 e. The lowest BCUT2D eigenvalue weighted by molar-refractivity contribution is 0.151. The van der Waals surface area contributed by atoms with Gasteiger partial charge in [-0.25, -0.2) is 0 Å². The average molecular weight is 325 g/mol. The molecule has 1 aliphatic carbocycles. The molecule has 1 saturated carbocycles. The molecule has 0 aromatic carbocycles. The maximum absolute atomic E-state index is 4.47. The summed E-state index contributed by atoms with van der Waals surface area (Å²) in [6.07, 6.45) is 8.93. The van der Waals surface area contributed by atoms with E-state index in [1.165, 1.54) is 64.8 Å². The Morgan fingerprint density at radius 3 is 2.71 bits per heavy atom. The molecule has 3 aliphatic rings. The first-order valence-electron chi connectivity index (χ1n) is 9.63. The van der Waals surface area contributed by atoms with Crippen LogP contribution in [0.4, 0.5) is 0 Å². The van der Waals surface area contributed by atoms with Gasteiger partial charge in [-0.15, -0.1) is 10.2 Å². The molecule has 0 amide bonds. The highest BCUT2D eigenvalue weighted by atomic mass is 15.3. The quantitative estimate of drug-likeness (QED) is 0.865. The molecule has 2 aliphatic heterocycles. The van der Waals surface area contributed by atoms with Crippen LogP contribution in [-0.4, -0.2) is 63.2 Å². The topological polar surface area (TPSA) is 36.7 Å². The molecular formula is C19H27N5. The first kappa shape index (κ1) is 14.8. The molecule has 2 saturated heterocycles. The molecular weight excluding hydrogens is 298 g/mol. The minimum absolute atomic E-state index is 0.557. The van der Waals surface area contributed by atoms with Crippen molar-refractivity contribution in [1.29, 1.82) is 0 Å². The Kier molecular flexibility index (Phi) is 3.78. The summed E-state index contributed by atoms with van der Waals surface area (Å²) in [6, 6.07) is 7.05. The zero-order valence-electron chi connectivity index (χ0n) is 14.3. The Morgan fingerprint density at radius 1 is 1.00 bits per heavy atom. The first-order valence-corrected chi connectivity index (χ1v) is 9.63. The van der Waals surface area contributed by atoms with Crippen molar-refractivity contribution in [3.63, 3.8) is 0 Å². The fourth-order valence-electron chi connectivity index (χ4n) is 5.12. The number of rotatable bonds is 4. The van der Waals surface area contributed by atoms with Gasteiger partial charge in [0.15, 0.2) is 5.65 Å². The second-order valence-electron chi connectivity index (χ2n) is 7.93. The molecule has 5 rings (SSSR count). The van der Waals surface area contributed by atoms with Gasteiger partial charge in [0.05, 0.1) is 0 Å². The summed E-state index contributed by atoms with van der Waals surface area (Å²) in [7, 11) is 0. The van der Waals surface area contributed by atoms with E-state index >= 15 is 0 Å². The van der Waals surface area contributed by atoms with Crippen molar-refractivity contribution in [2.75, 3.05) is 32.7 Å². The van der Waals surface area contributed by atoms with Crippen molar-refractivity contribution in [2.45, 2.75) is 44.1 Å². The van der Waals surface area contributed by atoms with Gasteiger partial charge in [-0.3, -0.25) is 9.30 Å². The Morgan fingerprint density at radius 2 is 1.92 bits per heavy atom. The highest BCUT2D eigenvalue weighted by Gasteiger charge is 2.37. The van der Waals surface area contributed by atoms with Crippen molar-refractivity contribution in [3.05, 3.63) is 30.2 Å². The van der Waals surface area contributed by atoms with Crippen LogP contribution in [0, 0.1) is 5.92 Å². The highest BCUT2D eigenvalue weighted by molar-refractivity contribution is 5.37. The van der Waals surface area contributed by atoms with E-state index in [0.29, 0.717) is 5.92 Å². The van der Waals surface area contributed by atoms with Gasteiger partial charge in [-0.2, -0.15) is 0 Å². The van der Waals surface area contributed by atoms with Crippen LogP contribution < -0.4 is 0 Å². The Hall–Kier alpha value is -1.46. The van der Waals surface area contributed by atoms with Crippen molar-refractivity contribution in [1.82, 2.24) is 24.4 Å². The lowest BCUT2D eigenvalue weighted by Crippen LogP contribution is -2.42. The minimum Gasteiger partial charge on any atom is -0.302 e. The fraction of sp³-hybridized carbons (Fsp3) is 0.684. The van der Waals surface area contributed by atoms with Gasteiger partial charge < -0.3 is 4.90 Å². The van der Waals surface area contributed by atoms with Crippen LogP contribution in [0.25, 0.3) is 5.65 Å². The largest absolute Gasteiger partial charge is 0.302 e. The van der Waals surface area contributed by atoms with Crippen LogP contribution in [0.2, 0.25) is 0 Å². The van der Waals surface area contributed by atoms with E-state index in [0.717, 1.165) is 23.4 Å². The van der Waals surface area contributed by atoms with E-state index in [9.17, 15) is 0 Å². The summed E-state index contributed by atoms with van der Waals surface area (Å²) >= 11 is 0. The van der Waals surface area contributed by atoms with E-state index in [1.807, 2.05) is 12.1 Å². The fourth-order valence-corrected chi connectivity index (χ4v) is 5.12. The zero-order chi connectivity index (χ0) is 15.9. The summed E-state index contributed by atoms with van der Waals surface area (Å²) < 4.78 is 2.17. The lowest BCUT2D eigenvalue weighted by atomic mass is 9.96. The first-order chi connectivity index (χ1) is 11.9. The second kappa shape index (κ2) is 6.12. The van der Waals surface area contributed by atoms with Crippen LogP contribution in [0.15, 0.2) is 24.4 Å².